The molecule has 11 nitrogen and oxygen atoms in total. The van der Waals surface area contributed by atoms with Crippen molar-refractivity contribution in [1.29, 1.82) is 0 Å². The van der Waals surface area contributed by atoms with Gasteiger partial charge in [0, 0.05) is 26.6 Å². The topological polar surface area (TPSA) is 136 Å². The Balaban J connectivity index is 1.36. The van der Waals surface area contributed by atoms with Gasteiger partial charge in [-0.25, -0.2) is 4.79 Å². The van der Waals surface area contributed by atoms with Crippen molar-refractivity contribution in [1.82, 2.24) is 14.5 Å². The molecule has 1 fully saturated rings. The molecule has 1 aliphatic heterocycles. The number of benzene rings is 1. The molecule has 1 saturated heterocycles. The number of piperidine rings is 1. The predicted molar refractivity (Wildman–Crippen MR) is 129 cm³/mol. The number of nitrogens with two attached hydrogens (primary N) is 1. The third-order valence-electron chi connectivity index (χ3n) is 5.81. The Morgan fingerprint density at radius 2 is 1.54 bits per heavy atom. The van der Waals surface area contributed by atoms with E-state index < -0.39 is 11.9 Å². The number of nitrogens with one attached hydrogen (secondary N) is 1. The number of fused-ring (bicyclic) bond motifs is 1. The normalized spacial score (nSPS) is 16.2. The molecule has 0 aliphatic carbocycles. The third kappa shape index (κ3) is 7.71. The first kappa shape index (κ1) is 27.0. The van der Waals surface area contributed by atoms with Gasteiger partial charge in [-0.2, -0.15) is 0 Å². The molecule has 2 heterocycles. The fourth-order valence-corrected chi connectivity index (χ4v) is 4.02. The second kappa shape index (κ2) is 14.1. The van der Waals surface area contributed by atoms with E-state index in [-0.39, 0.29) is 18.0 Å². The summed E-state index contributed by atoms with van der Waals surface area (Å²) in [6.07, 6.45) is 2.18. The van der Waals surface area contributed by atoms with Gasteiger partial charge in [-0.1, -0.05) is 6.07 Å². The van der Waals surface area contributed by atoms with Crippen LogP contribution in [0.1, 0.15) is 30.9 Å². The van der Waals surface area contributed by atoms with Crippen LogP contribution in [0.3, 0.4) is 0 Å². The number of imidazole rings is 1. The van der Waals surface area contributed by atoms with Gasteiger partial charge in [-0.15, -0.1) is 0 Å². The fraction of sp³-hybridized carbons (Fsp3) is 0.625. The van der Waals surface area contributed by atoms with Crippen LogP contribution in [0.5, 0.6) is 0 Å². The minimum Gasteiger partial charge on any atom is -0.379 e. The molecule has 2 amide bonds. The summed E-state index contributed by atoms with van der Waals surface area (Å²) in [5.41, 5.74) is 7.61. The van der Waals surface area contributed by atoms with Crippen molar-refractivity contribution in [2.24, 2.45) is 12.8 Å². The van der Waals surface area contributed by atoms with E-state index in [0.29, 0.717) is 71.3 Å². The summed E-state index contributed by atoms with van der Waals surface area (Å²) in [4.78, 5) is 36.6. The molecule has 0 bridgehead atoms. The highest BCUT2D eigenvalue weighted by atomic mass is 16.6. The number of aromatic nitrogens is 2. The highest BCUT2D eigenvalue weighted by Crippen LogP contribution is 2.24. The maximum atomic E-state index is 12.8. The molecule has 35 heavy (non-hydrogen) atoms. The molecule has 0 spiro atoms. The van der Waals surface area contributed by atoms with E-state index in [4.69, 9.17) is 24.7 Å². The number of amides is 2. The third-order valence-corrected chi connectivity index (χ3v) is 5.81. The Kier molecular flexibility index (Phi) is 10.9. The molecule has 3 rings (SSSR count). The summed E-state index contributed by atoms with van der Waals surface area (Å²) >= 11 is 0. The van der Waals surface area contributed by atoms with Crippen LogP contribution in [0.2, 0.25) is 0 Å². The van der Waals surface area contributed by atoms with Crippen LogP contribution in [0.4, 0.5) is 0 Å². The van der Waals surface area contributed by atoms with Crippen molar-refractivity contribution in [3.63, 3.8) is 0 Å². The summed E-state index contributed by atoms with van der Waals surface area (Å²) in [7, 11) is 1.70. The predicted octanol–water partition coefficient (Wildman–Crippen LogP) is 0.275. The number of nitrogens with zero attached hydrogens (tertiary/aromatic N) is 2. The number of carbonyl (C=O) groups is 2. The van der Waals surface area contributed by atoms with E-state index in [1.165, 1.54) is 4.57 Å². The molecule has 1 atom stereocenters. The number of ether oxygens (including phenoxy) is 4. The second-order valence-corrected chi connectivity index (χ2v) is 8.34. The van der Waals surface area contributed by atoms with E-state index in [2.05, 4.69) is 5.32 Å². The molecular weight excluding hydrogens is 456 g/mol. The van der Waals surface area contributed by atoms with Crippen molar-refractivity contribution in [3.05, 3.63) is 34.2 Å². The van der Waals surface area contributed by atoms with Crippen LogP contribution in [0.15, 0.2) is 23.0 Å². The number of aryl methyl sites for hydroxylation is 2. The van der Waals surface area contributed by atoms with Crippen LogP contribution in [0, 0.1) is 0 Å². The second-order valence-electron chi connectivity index (χ2n) is 8.34. The molecule has 1 aromatic carbocycles. The largest absolute Gasteiger partial charge is 0.379 e. The zero-order chi connectivity index (χ0) is 25.0. The summed E-state index contributed by atoms with van der Waals surface area (Å²) in [6.45, 7) is 4.78. The van der Waals surface area contributed by atoms with E-state index in [0.717, 1.165) is 23.9 Å². The first-order valence-electron chi connectivity index (χ1n) is 12.1. The van der Waals surface area contributed by atoms with Crippen LogP contribution in [-0.4, -0.2) is 80.3 Å². The molecule has 11 heteroatoms. The van der Waals surface area contributed by atoms with Crippen molar-refractivity contribution in [3.8, 4) is 0 Å². The average molecular weight is 493 g/mol. The lowest BCUT2D eigenvalue weighted by Gasteiger charge is -2.21. The Morgan fingerprint density at radius 3 is 2.17 bits per heavy atom. The molecule has 0 radical (unpaired) electrons. The lowest BCUT2D eigenvalue weighted by atomic mass is 10.1. The maximum Gasteiger partial charge on any atom is 0.329 e. The number of hydrogen-bond donors (Lipinski definition) is 2. The van der Waals surface area contributed by atoms with Crippen molar-refractivity contribution < 1.29 is 28.5 Å². The molecule has 3 N–H and O–H groups in total. The van der Waals surface area contributed by atoms with Crippen LogP contribution >= 0.6 is 0 Å². The average Bonchev–Trinajstić information content (AvgIpc) is 3.09. The number of hydrogen-bond acceptors (Lipinski definition) is 8. The van der Waals surface area contributed by atoms with Gasteiger partial charge in [-0.3, -0.25) is 24.0 Å². The van der Waals surface area contributed by atoms with Gasteiger partial charge in [0.05, 0.1) is 57.3 Å². The molecule has 1 unspecified atom stereocenters. The van der Waals surface area contributed by atoms with Crippen molar-refractivity contribution in [2.75, 3.05) is 59.4 Å². The summed E-state index contributed by atoms with van der Waals surface area (Å²) < 4.78 is 24.7. The number of rotatable bonds is 16. The quantitative estimate of drug-likeness (QED) is 0.252. The SMILES string of the molecule is Cn1c(=O)n(C2CCC(=O)NC2=O)c2ccc(CCCOCCOCCOCCOCCN)cc21. The molecule has 2 aromatic rings. The minimum absolute atomic E-state index is 0.223. The lowest BCUT2D eigenvalue weighted by Crippen LogP contribution is -2.44. The zero-order valence-corrected chi connectivity index (χ0v) is 20.3. The molecule has 1 aliphatic rings. The smallest absolute Gasteiger partial charge is 0.329 e. The molecular formula is C24H36N4O7. The summed E-state index contributed by atoms with van der Waals surface area (Å²) in [5, 5.41) is 2.33. The van der Waals surface area contributed by atoms with Gasteiger partial charge in [-0.05, 0) is 37.0 Å². The van der Waals surface area contributed by atoms with Gasteiger partial charge < -0.3 is 24.7 Å². The Bertz CT molecular complexity index is 1030. The highest BCUT2D eigenvalue weighted by Gasteiger charge is 2.31. The van der Waals surface area contributed by atoms with Gasteiger partial charge in [0.1, 0.15) is 6.04 Å². The molecule has 0 saturated carbocycles. The molecule has 194 valence electrons. The highest BCUT2D eigenvalue weighted by molar-refractivity contribution is 6.00. The Morgan fingerprint density at radius 1 is 0.914 bits per heavy atom. The summed E-state index contributed by atoms with van der Waals surface area (Å²) in [6, 6.07) is 5.14. The van der Waals surface area contributed by atoms with Crippen LogP contribution in [-0.2, 0) is 42.0 Å². The first-order chi connectivity index (χ1) is 17.0. The van der Waals surface area contributed by atoms with Gasteiger partial charge in [0.15, 0.2) is 0 Å². The minimum atomic E-state index is -0.674. The fourth-order valence-electron chi connectivity index (χ4n) is 4.02. The van der Waals surface area contributed by atoms with Crippen molar-refractivity contribution >= 4 is 22.8 Å². The number of carbonyl (C=O) groups excluding carboxylic acids is 2. The van der Waals surface area contributed by atoms with Gasteiger partial charge in [0.25, 0.3) is 0 Å². The Hall–Kier alpha value is -2.57. The number of imide groups is 1. The molecule has 1 aromatic heterocycles. The zero-order valence-electron chi connectivity index (χ0n) is 20.3. The van der Waals surface area contributed by atoms with Gasteiger partial charge >= 0.3 is 5.69 Å². The van der Waals surface area contributed by atoms with Crippen molar-refractivity contribution in [2.45, 2.75) is 31.7 Å². The monoisotopic (exact) mass is 492 g/mol. The maximum absolute atomic E-state index is 12.8. The van der Waals surface area contributed by atoms with Gasteiger partial charge in [0.2, 0.25) is 11.8 Å². The van der Waals surface area contributed by atoms with Crippen LogP contribution in [0.25, 0.3) is 11.0 Å². The lowest BCUT2D eigenvalue weighted by molar-refractivity contribution is -0.135. The van der Waals surface area contributed by atoms with E-state index in [1.54, 1.807) is 11.6 Å². The summed E-state index contributed by atoms with van der Waals surface area (Å²) in [5.74, 6) is -0.730. The first-order valence-corrected chi connectivity index (χ1v) is 12.1. The van der Waals surface area contributed by atoms with E-state index >= 15 is 0 Å². The van der Waals surface area contributed by atoms with E-state index in [1.807, 2.05) is 18.2 Å². The van der Waals surface area contributed by atoms with E-state index in [9.17, 15) is 14.4 Å². The standard InChI is InChI=1S/C24H36N4O7/c1-27-21-17-18(3-2-9-32-11-13-34-15-16-35-14-12-33-10-8-25)4-5-19(21)28(24(27)31)20-6-7-22(29)26-23(20)30/h4-5,17,20H,2-3,6-16,25H2,1H3,(H,26,29,30). The van der Waals surface area contributed by atoms with Crippen LogP contribution < -0.4 is 16.7 Å². The Labute approximate surface area is 204 Å².